The Morgan fingerprint density at radius 3 is 1.70 bits per heavy atom. The number of rotatable bonds is 6. The molecule has 0 N–H and O–H groups in total. The van der Waals surface area contributed by atoms with E-state index in [4.69, 9.17) is 0 Å². The van der Waals surface area contributed by atoms with Crippen LogP contribution in [0.2, 0.25) is 0 Å². The van der Waals surface area contributed by atoms with Gasteiger partial charge in [0.25, 0.3) is 0 Å². The molecule has 53 heavy (non-hydrogen) atoms. The molecule has 2 aliphatic carbocycles. The zero-order valence-electron chi connectivity index (χ0n) is 29.7. The maximum Gasteiger partial charge on any atom is 0.0462 e. The van der Waals surface area contributed by atoms with Crippen molar-refractivity contribution in [2.75, 3.05) is 4.90 Å². The molecule has 0 fully saturated rings. The summed E-state index contributed by atoms with van der Waals surface area (Å²) >= 11 is 0. The van der Waals surface area contributed by atoms with E-state index < -0.39 is 0 Å². The van der Waals surface area contributed by atoms with Crippen LogP contribution in [0.4, 0.5) is 17.1 Å². The van der Waals surface area contributed by atoms with E-state index in [-0.39, 0.29) is 0 Å². The fraction of sp³-hybridized carbons (Fsp3) is 0.0769. The number of anilines is 3. The van der Waals surface area contributed by atoms with Crippen LogP contribution in [-0.2, 0) is 12.8 Å². The lowest BCUT2D eigenvalue weighted by Gasteiger charge is -2.27. The van der Waals surface area contributed by atoms with Gasteiger partial charge in [-0.1, -0.05) is 140 Å². The summed E-state index contributed by atoms with van der Waals surface area (Å²) in [5.74, 6) is 0. The molecule has 8 aromatic rings. The lowest BCUT2D eigenvalue weighted by Crippen LogP contribution is -2.10. The first kappa shape index (κ1) is 31.3. The van der Waals surface area contributed by atoms with Crippen LogP contribution in [0.5, 0.6) is 0 Å². The van der Waals surface area contributed by atoms with Crippen molar-refractivity contribution in [1.82, 2.24) is 0 Å². The van der Waals surface area contributed by atoms with Crippen LogP contribution in [0.25, 0.3) is 67.1 Å². The van der Waals surface area contributed by atoms with Crippen molar-refractivity contribution >= 4 is 50.8 Å². The van der Waals surface area contributed by atoms with Crippen molar-refractivity contribution in [3.05, 3.63) is 198 Å². The third kappa shape index (κ3) is 5.57. The maximum atomic E-state index is 2.42. The molecule has 0 amide bonds. The molecule has 1 heteroatoms. The van der Waals surface area contributed by atoms with E-state index in [0.717, 1.165) is 42.7 Å². The van der Waals surface area contributed by atoms with Crippen LogP contribution in [0, 0.1) is 0 Å². The first-order chi connectivity index (χ1) is 26.3. The molecule has 1 nitrogen and oxygen atoms in total. The van der Waals surface area contributed by atoms with Crippen molar-refractivity contribution in [3.63, 3.8) is 0 Å². The molecule has 0 saturated heterocycles. The second-order valence-electron chi connectivity index (χ2n) is 14.3. The van der Waals surface area contributed by atoms with E-state index in [1.165, 1.54) is 66.1 Å². The Labute approximate surface area is 311 Å². The molecule has 252 valence electrons. The Morgan fingerprint density at radius 1 is 0.377 bits per heavy atom. The largest absolute Gasteiger partial charge is 0.311 e. The second kappa shape index (κ2) is 13.3. The average molecular weight is 678 g/mol. The quantitative estimate of drug-likeness (QED) is 0.158. The highest BCUT2D eigenvalue weighted by molar-refractivity contribution is 6.14. The Kier molecular flexibility index (Phi) is 7.84. The van der Waals surface area contributed by atoms with Gasteiger partial charge >= 0.3 is 0 Å². The van der Waals surface area contributed by atoms with Crippen molar-refractivity contribution in [2.24, 2.45) is 0 Å². The molecular formula is C52H39N. The van der Waals surface area contributed by atoms with Gasteiger partial charge in [-0.3, -0.25) is 0 Å². The zero-order valence-corrected chi connectivity index (χ0v) is 29.7. The third-order valence-corrected chi connectivity index (χ3v) is 11.2. The molecule has 0 bridgehead atoms. The van der Waals surface area contributed by atoms with Crippen molar-refractivity contribution in [2.45, 2.75) is 25.7 Å². The number of hydrogen-bond donors (Lipinski definition) is 0. The summed E-state index contributed by atoms with van der Waals surface area (Å²) in [7, 11) is 0. The molecule has 0 heterocycles. The molecule has 0 unspecified atom stereocenters. The topological polar surface area (TPSA) is 3.24 Å². The smallest absolute Gasteiger partial charge is 0.0462 e. The molecule has 0 spiro atoms. The van der Waals surface area contributed by atoms with E-state index in [2.05, 4.69) is 193 Å². The van der Waals surface area contributed by atoms with Gasteiger partial charge in [-0.25, -0.2) is 0 Å². The average Bonchev–Trinajstić information content (AvgIpc) is 3.24. The van der Waals surface area contributed by atoms with E-state index in [1.807, 2.05) is 0 Å². The highest BCUT2D eigenvalue weighted by atomic mass is 15.1. The first-order valence-corrected chi connectivity index (χ1v) is 18.9. The Hall–Kier alpha value is -6.44. The number of para-hydroxylation sites is 1. The number of allylic oxidation sites excluding steroid dienone is 2. The first-order valence-electron chi connectivity index (χ1n) is 18.9. The number of nitrogens with zero attached hydrogens (tertiary/aromatic N) is 1. The third-order valence-electron chi connectivity index (χ3n) is 11.2. The number of fused-ring (bicyclic) bond motifs is 6. The summed E-state index contributed by atoms with van der Waals surface area (Å²) in [5.41, 5.74) is 16.8. The number of hydrogen-bond acceptors (Lipinski definition) is 1. The van der Waals surface area contributed by atoms with Gasteiger partial charge in [0.1, 0.15) is 0 Å². The number of benzene rings is 8. The predicted octanol–water partition coefficient (Wildman–Crippen LogP) is 14.4. The Balaban J connectivity index is 1.04. The van der Waals surface area contributed by atoms with Gasteiger partial charge in [0.05, 0.1) is 0 Å². The lowest BCUT2D eigenvalue weighted by atomic mass is 9.81. The fourth-order valence-corrected chi connectivity index (χ4v) is 8.70. The van der Waals surface area contributed by atoms with Crippen molar-refractivity contribution in [1.29, 1.82) is 0 Å². The van der Waals surface area contributed by atoms with E-state index in [1.54, 1.807) is 11.1 Å². The van der Waals surface area contributed by atoms with Crippen molar-refractivity contribution < 1.29 is 0 Å². The maximum absolute atomic E-state index is 2.42. The zero-order chi connectivity index (χ0) is 35.1. The molecule has 0 aliphatic heterocycles. The van der Waals surface area contributed by atoms with Crippen LogP contribution >= 0.6 is 0 Å². The molecular weight excluding hydrogens is 639 g/mol. The standard InChI is InChI=1S/C52H39N/c1-2-16-40(17-3-1)53(42-32-28-37(29-33-42)51-34-38-14-4-6-19-44(38)46-21-10-12-24-49(46)51)41-30-26-36(27-31-41)43-18-8-9-23-48(43)52-35-39-15-5-7-20-45(39)47-22-11-13-25-50(47)52/h1-5,7-9,11-18,20,22-35H,6,10,19,21H2. The highest BCUT2D eigenvalue weighted by Gasteiger charge is 2.20. The van der Waals surface area contributed by atoms with E-state index in [0.29, 0.717) is 0 Å². The van der Waals surface area contributed by atoms with Crippen LogP contribution < -0.4 is 4.90 Å². The van der Waals surface area contributed by atoms with Gasteiger partial charge in [-0.15, -0.1) is 0 Å². The normalized spacial score (nSPS) is 13.2. The molecule has 0 aromatic heterocycles. The minimum atomic E-state index is 1.13. The minimum Gasteiger partial charge on any atom is -0.311 e. The molecule has 2 aliphatic rings. The summed E-state index contributed by atoms with van der Waals surface area (Å²) < 4.78 is 0. The van der Waals surface area contributed by atoms with E-state index >= 15 is 0 Å². The van der Waals surface area contributed by atoms with Gasteiger partial charge in [-0.2, -0.15) is 0 Å². The molecule has 8 aromatic carbocycles. The van der Waals surface area contributed by atoms with Crippen molar-refractivity contribution in [3.8, 4) is 33.4 Å². The van der Waals surface area contributed by atoms with Gasteiger partial charge in [0, 0.05) is 17.1 Å². The Bertz CT molecular complexity index is 2700. The molecule has 10 rings (SSSR count). The van der Waals surface area contributed by atoms with E-state index in [9.17, 15) is 0 Å². The SMILES string of the molecule is C1=Cc2cc(-c3ccc(N(c4ccccc4)c4ccc(-c5ccccc5-c5cc6ccccc6c6ccccc56)cc4)cc3)c3c(c2CC1)CCC=C3. The highest BCUT2D eigenvalue weighted by Crippen LogP contribution is 2.43. The van der Waals surface area contributed by atoms with Crippen LogP contribution in [0.15, 0.2) is 176 Å². The second-order valence-corrected chi connectivity index (χ2v) is 14.3. The van der Waals surface area contributed by atoms with Gasteiger partial charge in [0.2, 0.25) is 0 Å². The Morgan fingerprint density at radius 2 is 0.943 bits per heavy atom. The monoisotopic (exact) mass is 677 g/mol. The molecule has 0 saturated carbocycles. The van der Waals surface area contributed by atoms with Crippen LogP contribution in [-0.4, -0.2) is 0 Å². The minimum absolute atomic E-state index is 1.13. The summed E-state index contributed by atoms with van der Waals surface area (Å²) in [4.78, 5) is 2.36. The molecule has 0 atom stereocenters. The fourth-order valence-electron chi connectivity index (χ4n) is 8.70. The van der Waals surface area contributed by atoms with Crippen LogP contribution in [0.3, 0.4) is 0 Å². The summed E-state index contributed by atoms with van der Waals surface area (Å²) in [6.45, 7) is 0. The lowest BCUT2D eigenvalue weighted by molar-refractivity contribution is 0.906. The molecule has 0 radical (unpaired) electrons. The van der Waals surface area contributed by atoms with Crippen LogP contribution in [0.1, 0.15) is 35.1 Å². The van der Waals surface area contributed by atoms with Gasteiger partial charge in [-0.05, 0) is 151 Å². The van der Waals surface area contributed by atoms with Gasteiger partial charge < -0.3 is 4.90 Å². The van der Waals surface area contributed by atoms with Gasteiger partial charge in [0.15, 0.2) is 0 Å². The predicted molar refractivity (Wildman–Crippen MR) is 227 cm³/mol. The summed E-state index contributed by atoms with van der Waals surface area (Å²) in [6, 6.07) is 60.1. The summed E-state index contributed by atoms with van der Waals surface area (Å²) in [6.07, 6.45) is 13.9. The summed E-state index contributed by atoms with van der Waals surface area (Å²) in [5, 5.41) is 5.11.